The fraction of sp³-hybridized carbons (Fsp3) is 0.714. The lowest BCUT2D eigenvalue weighted by molar-refractivity contribution is 0.158. The number of hydrogen-bond acceptors (Lipinski definition) is 5. The molecule has 0 saturated carbocycles. The largest absolute Gasteiger partial charge is 0.446 e. The first-order valence-corrected chi connectivity index (χ1v) is 4.15. The smallest absolute Gasteiger partial charge is 0.418 e. The van der Waals surface area contributed by atoms with Crippen molar-refractivity contribution in [2.75, 3.05) is 0 Å². The van der Waals surface area contributed by atoms with Gasteiger partial charge in [-0.1, -0.05) is 13.3 Å². The monoisotopic (exact) mass is 183 g/mol. The van der Waals surface area contributed by atoms with Gasteiger partial charge in [-0.2, -0.15) is 0 Å². The van der Waals surface area contributed by atoms with Crippen LogP contribution in [-0.4, -0.2) is 27.1 Å². The van der Waals surface area contributed by atoms with E-state index in [0.717, 1.165) is 12.8 Å². The molecule has 0 aliphatic rings. The van der Waals surface area contributed by atoms with Gasteiger partial charge in [-0.25, -0.2) is 9.89 Å². The van der Waals surface area contributed by atoms with Crippen molar-refractivity contribution in [2.24, 2.45) is 0 Å². The summed E-state index contributed by atoms with van der Waals surface area (Å²) in [5.41, 5.74) is 0. The van der Waals surface area contributed by atoms with Gasteiger partial charge in [0.2, 0.25) is 0 Å². The van der Waals surface area contributed by atoms with Crippen LogP contribution < -0.4 is 0 Å². The molecule has 1 aromatic rings. The Kier molecular flexibility index (Phi) is 3.87. The highest BCUT2D eigenvalue weighted by Gasteiger charge is 2.15. The molecule has 0 fully saturated rings. The van der Waals surface area contributed by atoms with E-state index in [4.69, 9.17) is 4.74 Å². The SMILES string of the molecule is CCCCC(O[C]=O)c1nnn[nH]1. The molecule has 1 rings (SSSR count). The molecule has 0 aromatic carbocycles. The summed E-state index contributed by atoms with van der Waals surface area (Å²) < 4.78 is 4.71. The van der Waals surface area contributed by atoms with Crippen LogP contribution in [0, 0.1) is 0 Å². The van der Waals surface area contributed by atoms with Crippen molar-refractivity contribution in [3.8, 4) is 0 Å². The number of nitrogens with one attached hydrogen (secondary N) is 1. The molecular formula is C7H11N4O2. The van der Waals surface area contributed by atoms with Crippen LogP contribution in [0.5, 0.6) is 0 Å². The van der Waals surface area contributed by atoms with E-state index in [9.17, 15) is 4.79 Å². The van der Waals surface area contributed by atoms with E-state index in [-0.39, 0.29) is 0 Å². The van der Waals surface area contributed by atoms with Crippen molar-refractivity contribution in [1.29, 1.82) is 0 Å². The second-order valence-electron chi connectivity index (χ2n) is 2.62. The molecule has 6 heteroatoms. The van der Waals surface area contributed by atoms with Crippen LogP contribution in [-0.2, 0) is 9.53 Å². The number of aromatic amines is 1. The lowest BCUT2D eigenvalue weighted by atomic mass is 10.1. The zero-order valence-electron chi connectivity index (χ0n) is 7.36. The second kappa shape index (κ2) is 5.23. The average Bonchev–Trinajstić information content (AvgIpc) is 2.65. The van der Waals surface area contributed by atoms with Crippen molar-refractivity contribution in [1.82, 2.24) is 20.6 Å². The summed E-state index contributed by atoms with van der Waals surface area (Å²) in [7, 11) is 0. The molecule has 0 saturated heterocycles. The standard InChI is InChI=1S/C7H11N4O2/c1-2-3-4-6(13-5-12)7-8-10-11-9-7/h6H,2-4H2,1H3,(H,8,9,10,11). The Morgan fingerprint density at radius 3 is 3.08 bits per heavy atom. The Bertz CT molecular complexity index is 237. The van der Waals surface area contributed by atoms with Crippen LogP contribution in [0.15, 0.2) is 0 Å². The number of tetrazole rings is 1. The van der Waals surface area contributed by atoms with Gasteiger partial charge in [-0.3, -0.25) is 0 Å². The zero-order valence-corrected chi connectivity index (χ0v) is 7.36. The summed E-state index contributed by atoms with van der Waals surface area (Å²) in [6.45, 7) is 3.46. The highest BCUT2D eigenvalue weighted by molar-refractivity contribution is 5.38. The quantitative estimate of drug-likeness (QED) is 0.695. The Labute approximate surface area is 75.7 Å². The van der Waals surface area contributed by atoms with Gasteiger partial charge >= 0.3 is 6.47 Å². The number of unbranched alkanes of at least 4 members (excludes halogenated alkanes) is 1. The van der Waals surface area contributed by atoms with Crippen LogP contribution in [0.1, 0.15) is 38.1 Å². The summed E-state index contributed by atoms with van der Waals surface area (Å²) in [6.07, 6.45) is 2.29. The zero-order chi connectivity index (χ0) is 9.52. The Morgan fingerprint density at radius 2 is 2.54 bits per heavy atom. The van der Waals surface area contributed by atoms with E-state index in [1.807, 2.05) is 0 Å². The molecule has 1 radical (unpaired) electrons. The summed E-state index contributed by atoms with van der Waals surface area (Å²) in [6, 6.07) is 0. The Balaban J connectivity index is 2.51. The van der Waals surface area contributed by atoms with Crippen molar-refractivity contribution in [2.45, 2.75) is 32.3 Å². The molecule has 13 heavy (non-hydrogen) atoms. The summed E-state index contributed by atoms with van der Waals surface area (Å²) >= 11 is 0. The minimum Gasteiger partial charge on any atom is -0.446 e. The van der Waals surface area contributed by atoms with Gasteiger partial charge in [0.05, 0.1) is 0 Å². The third kappa shape index (κ3) is 2.81. The number of H-pyrrole nitrogens is 1. The van der Waals surface area contributed by atoms with Gasteiger partial charge in [0.1, 0.15) is 0 Å². The predicted octanol–water partition coefficient (Wildman–Crippen LogP) is 0.515. The first kappa shape index (κ1) is 9.63. The fourth-order valence-corrected chi connectivity index (χ4v) is 1.00. The first-order chi connectivity index (χ1) is 6.38. The molecule has 71 valence electrons. The van der Waals surface area contributed by atoms with E-state index in [0.29, 0.717) is 12.2 Å². The van der Waals surface area contributed by atoms with Crippen LogP contribution >= 0.6 is 0 Å². The first-order valence-electron chi connectivity index (χ1n) is 4.15. The van der Waals surface area contributed by atoms with Gasteiger partial charge in [0.15, 0.2) is 11.9 Å². The van der Waals surface area contributed by atoms with Crippen LogP contribution in [0.2, 0.25) is 0 Å². The van der Waals surface area contributed by atoms with Gasteiger partial charge < -0.3 is 4.74 Å². The molecule has 0 bridgehead atoms. The van der Waals surface area contributed by atoms with Crippen molar-refractivity contribution >= 4 is 6.47 Å². The van der Waals surface area contributed by atoms with Crippen LogP contribution in [0.25, 0.3) is 0 Å². The normalized spacial score (nSPS) is 12.4. The number of nitrogens with zero attached hydrogens (tertiary/aromatic N) is 3. The third-order valence-corrected chi connectivity index (χ3v) is 1.68. The number of hydrogen-bond donors (Lipinski definition) is 1. The average molecular weight is 183 g/mol. The minimum absolute atomic E-state index is 0.396. The van der Waals surface area contributed by atoms with Gasteiger partial charge in [-0.15, -0.1) is 5.10 Å². The maximum Gasteiger partial charge on any atom is 0.418 e. The number of carbonyl (C=O) groups excluding carboxylic acids is 1. The van der Waals surface area contributed by atoms with E-state index in [2.05, 4.69) is 27.5 Å². The predicted molar refractivity (Wildman–Crippen MR) is 43.2 cm³/mol. The summed E-state index contributed by atoms with van der Waals surface area (Å²) in [5.74, 6) is 0.469. The number of aromatic nitrogens is 4. The highest BCUT2D eigenvalue weighted by Crippen LogP contribution is 2.17. The van der Waals surface area contributed by atoms with E-state index >= 15 is 0 Å². The van der Waals surface area contributed by atoms with Gasteiger partial charge in [0, 0.05) is 0 Å². The van der Waals surface area contributed by atoms with Crippen molar-refractivity contribution in [3.05, 3.63) is 5.82 Å². The summed E-state index contributed by atoms with van der Waals surface area (Å²) in [5, 5.41) is 13.0. The molecule has 1 unspecified atom stereocenters. The Morgan fingerprint density at radius 1 is 1.69 bits per heavy atom. The maximum atomic E-state index is 10.0. The highest BCUT2D eigenvalue weighted by atomic mass is 16.5. The van der Waals surface area contributed by atoms with Crippen molar-refractivity contribution in [3.63, 3.8) is 0 Å². The topological polar surface area (TPSA) is 80.8 Å². The maximum absolute atomic E-state index is 10.0. The van der Waals surface area contributed by atoms with Crippen LogP contribution in [0.3, 0.4) is 0 Å². The molecule has 0 spiro atoms. The molecule has 0 aliphatic carbocycles. The lowest BCUT2D eigenvalue weighted by Crippen LogP contribution is -2.05. The number of rotatable bonds is 6. The lowest BCUT2D eigenvalue weighted by Gasteiger charge is -2.09. The second-order valence-corrected chi connectivity index (χ2v) is 2.62. The van der Waals surface area contributed by atoms with Gasteiger partial charge in [-0.05, 0) is 23.3 Å². The molecule has 1 aromatic heterocycles. The molecule has 0 amide bonds. The molecule has 1 atom stereocenters. The molecule has 6 nitrogen and oxygen atoms in total. The fourth-order valence-electron chi connectivity index (χ4n) is 1.00. The summed E-state index contributed by atoms with van der Waals surface area (Å²) in [4.78, 5) is 10.0. The minimum atomic E-state index is -0.396. The Hall–Kier alpha value is -1.46. The number of ether oxygens (including phenoxy) is 1. The van der Waals surface area contributed by atoms with Gasteiger partial charge in [0.25, 0.3) is 0 Å². The van der Waals surface area contributed by atoms with Crippen LogP contribution in [0.4, 0.5) is 0 Å². The van der Waals surface area contributed by atoms with E-state index in [1.165, 1.54) is 6.47 Å². The molecule has 1 heterocycles. The van der Waals surface area contributed by atoms with E-state index < -0.39 is 6.10 Å². The molecule has 1 N–H and O–H groups in total. The molecule has 0 aliphatic heterocycles. The van der Waals surface area contributed by atoms with Crippen molar-refractivity contribution < 1.29 is 9.53 Å². The third-order valence-electron chi connectivity index (χ3n) is 1.68. The van der Waals surface area contributed by atoms with E-state index in [1.54, 1.807) is 0 Å². The molecular weight excluding hydrogens is 172 g/mol.